The number of hydrogen-bond donors (Lipinski definition) is 0. The number of methoxy groups -OCH3 is 1. The first-order valence-corrected chi connectivity index (χ1v) is 6.46. The minimum atomic E-state index is 0.500. The lowest BCUT2D eigenvalue weighted by molar-refractivity contribution is -0.0246. The van der Waals surface area contributed by atoms with E-state index in [1.54, 1.807) is 0 Å². The standard InChI is InChI=1S/C13H25NO/c1-10(2)12-9-14(8-11-4-5-11)7-6-13(12)15-3/h10-13H,4-9H2,1-3H3/t12-,13-/m0/s1. The number of ether oxygens (including phenoxy) is 1. The van der Waals surface area contributed by atoms with Gasteiger partial charge in [-0.3, -0.25) is 0 Å². The largest absolute Gasteiger partial charge is 0.381 e. The van der Waals surface area contributed by atoms with E-state index in [2.05, 4.69) is 18.7 Å². The summed E-state index contributed by atoms with van der Waals surface area (Å²) in [5, 5.41) is 0. The number of likely N-dealkylation sites (tertiary alicyclic amines) is 1. The van der Waals surface area contributed by atoms with Crippen molar-refractivity contribution < 1.29 is 4.74 Å². The van der Waals surface area contributed by atoms with Crippen LogP contribution in [0.5, 0.6) is 0 Å². The maximum absolute atomic E-state index is 5.61. The van der Waals surface area contributed by atoms with Gasteiger partial charge in [0, 0.05) is 32.7 Å². The zero-order chi connectivity index (χ0) is 10.8. The van der Waals surface area contributed by atoms with E-state index in [0.29, 0.717) is 6.10 Å². The minimum Gasteiger partial charge on any atom is -0.381 e. The molecular weight excluding hydrogens is 186 g/mol. The molecule has 0 aromatic heterocycles. The second-order valence-corrected chi connectivity index (χ2v) is 5.67. The van der Waals surface area contributed by atoms with Crippen LogP contribution in [0.2, 0.25) is 0 Å². The Labute approximate surface area is 94.0 Å². The van der Waals surface area contributed by atoms with Crippen molar-refractivity contribution in [3.8, 4) is 0 Å². The molecule has 1 aliphatic heterocycles. The SMILES string of the molecule is CO[C@H]1CCN(CC2CC2)C[C@H]1C(C)C. The molecule has 2 heteroatoms. The van der Waals surface area contributed by atoms with E-state index in [1.165, 1.54) is 38.9 Å². The van der Waals surface area contributed by atoms with E-state index in [0.717, 1.165) is 17.8 Å². The topological polar surface area (TPSA) is 12.5 Å². The Kier molecular flexibility index (Phi) is 3.68. The third-order valence-electron chi connectivity index (χ3n) is 4.05. The van der Waals surface area contributed by atoms with Gasteiger partial charge in [0.05, 0.1) is 6.10 Å². The van der Waals surface area contributed by atoms with Crippen LogP contribution in [-0.2, 0) is 4.74 Å². The summed E-state index contributed by atoms with van der Waals surface area (Å²) in [4.78, 5) is 2.66. The van der Waals surface area contributed by atoms with Gasteiger partial charge in [-0.05, 0) is 31.1 Å². The quantitative estimate of drug-likeness (QED) is 0.708. The van der Waals surface area contributed by atoms with Gasteiger partial charge in [0.2, 0.25) is 0 Å². The van der Waals surface area contributed by atoms with Gasteiger partial charge in [-0.1, -0.05) is 13.8 Å². The molecule has 2 atom stereocenters. The average molecular weight is 211 g/mol. The first-order valence-electron chi connectivity index (χ1n) is 6.46. The Bertz CT molecular complexity index is 201. The molecule has 0 N–H and O–H groups in total. The van der Waals surface area contributed by atoms with Crippen molar-refractivity contribution in [1.29, 1.82) is 0 Å². The zero-order valence-electron chi connectivity index (χ0n) is 10.4. The Hall–Kier alpha value is -0.0800. The minimum absolute atomic E-state index is 0.500. The fourth-order valence-electron chi connectivity index (χ4n) is 2.80. The lowest BCUT2D eigenvalue weighted by Gasteiger charge is -2.40. The van der Waals surface area contributed by atoms with E-state index >= 15 is 0 Å². The maximum atomic E-state index is 5.61. The highest BCUT2D eigenvalue weighted by atomic mass is 16.5. The Morgan fingerprint density at radius 2 is 2.00 bits per heavy atom. The molecule has 0 unspecified atom stereocenters. The molecule has 0 radical (unpaired) electrons. The number of rotatable bonds is 4. The molecule has 2 fully saturated rings. The molecule has 1 saturated heterocycles. The van der Waals surface area contributed by atoms with Crippen LogP contribution in [0.1, 0.15) is 33.1 Å². The van der Waals surface area contributed by atoms with Crippen LogP contribution in [0.3, 0.4) is 0 Å². The number of nitrogens with zero attached hydrogens (tertiary/aromatic N) is 1. The molecule has 15 heavy (non-hydrogen) atoms. The molecule has 0 spiro atoms. The van der Waals surface area contributed by atoms with Crippen molar-refractivity contribution in [3.63, 3.8) is 0 Å². The third-order valence-corrected chi connectivity index (χ3v) is 4.05. The fourth-order valence-corrected chi connectivity index (χ4v) is 2.80. The van der Waals surface area contributed by atoms with Crippen molar-refractivity contribution in [2.45, 2.75) is 39.2 Å². The predicted molar refractivity (Wildman–Crippen MR) is 62.9 cm³/mol. The van der Waals surface area contributed by atoms with Crippen molar-refractivity contribution in [3.05, 3.63) is 0 Å². The summed E-state index contributed by atoms with van der Waals surface area (Å²) in [5.74, 6) is 2.51. The van der Waals surface area contributed by atoms with Gasteiger partial charge < -0.3 is 9.64 Å². The predicted octanol–water partition coefficient (Wildman–Crippen LogP) is 2.39. The molecule has 2 rings (SSSR count). The summed E-state index contributed by atoms with van der Waals surface area (Å²) in [6.45, 7) is 8.51. The molecule has 2 aliphatic rings. The summed E-state index contributed by atoms with van der Waals surface area (Å²) in [6.07, 6.45) is 4.67. The summed E-state index contributed by atoms with van der Waals surface area (Å²) in [6, 6.07) is 0. The second-order valence-electron chi connectivity index (χ2n) is 5.67. The van der Waals surface area contributed by atoms with Gasteiger partial charge in [0.25, 0.3) is 0 Å². The Morgan fingerprint density at radius 1 is 1.27 bits per heavy atom. The van der Waals surface area contributed by atoms with Crippen molar-refractivity contribution in [1.82, 2.24) is 4.90 Å². The molecule has 1 aliphatic carbocycles. The summed E-state index contributed by atoms with van der Waals surface area (Å²) >= 11 is 0. The van der Waals surface area contributed by atoms with Crippen LogP contribution in [0.15, 0.2) is 0 Å². The molecule has 0 aromatic carbocycles. The highest BCUT2D eigenvalue weighted by molar-refractivity contribution is 4.86. The van der Waals surface area contributed by atoms with Gasteiger partial charge in [-0.2, -0.15) is 0 Å². The molecule has 1 heterocycles. The van der Waals surface area contributed by atoms with Crippen molar-refractivity contribution in [2.24, 2.45) is 17.8 Å². The zero-order valence-corrected chi connectivity index (χ0v) is 10.4. The van der Waals surface area contributed by atoms with E-state index in [1.807, 2.05) is 7.11 Å². The van der Waals surface area contributed by atoms with Crippen LogP contribution in [0.25, 0.3) is 0 Å². The highest BCUT2D eigenvalue weighted by Crippen LogP contribution is 2.33. The van der Waals surface area contributed by atoms with Gasteiger partial charge >= 0.3 is 0 Å². The Balaban J connectivity index is 1.86. The number of piperidine rings is 1. The van der Waals surface area contributed by atoms with Crippen LogP contribution in [0, 0.1) is 17.8 Å². The highest BCUT2D eigenvalue weighted by Gasteiger charge is 2.33. The lowest BCUT2D eigenvalue weighted by atomic mass is 9.85. The van der Waals surface area contributed by atoms with E-state index < -0.39 is 0 Å². The monoisotopic (exact) mass is 211 g/mol. The lowest BCUT2D eigenvalue weighted by Crippen LogP contribution is -2.46. The molecule has 2 nitrogen and oxygen atoms in total. The van der Waals surface area contributed by atoms with Gasteiger partial charge in [-0.25, -0.2) is 0 Å². The summed E-state index contributed by atoms with van der Waals surface area (Å²) in [5.41, 5.74) is 0. The Morgan fingerprint density at radius 3 is 2.53 bits per heavy atom. The van der Waals surface area contributed by atoms with Crippen LogP contribution in [0.4, 0.5) is 0 Å². The molecule has 0 amide bonds. The van der Waals surface area contributed by atoms with Gasteiger partial charge in [0.15, 0.2) is 0 Å². The fraction of sp³-hybridized carbons (Fsp3) is 1.00. The molecule has 88 valence electrons. The molecule has 0 bridgehead atoms. The molecular formula is C13H25NO. The van der Waals surface area contributed by atoms with Crippen LogP contribution in [-0.4, -0.2) is 37.7 Å². The first-order chi connectivity index (χ1) is 7.20. The van der Waals surface area contributed by atoms with E-state index in [9.17, 15) is 0 Å². The van der Waals surface area contributed by atoms with Crippen LogP contribution >= 0.6 is 0 Å². The first kappa shape index (κ1) is 11.4. The van der Waals surface area contributed by atoms with Crippen molar-refractivity contribution in [2.75, 3.05) is 26.7 Å². The molecule has 1 saturated carbocycles. The smallest absolute Gasteiger partial charge is 0.0626 e. The maximum Gasteiger partial charge on any atom is 0.0626 e. The summed E-state index contributed by atoms with van der Waals surface area (Å²) < 4.78 is 5.61. The molecule has 0 aromatic rings. The number of hydrogen-bond acceptors (Lipinski definition) is 2. The van der Waals surface area contributed by atoms with Gasteiger partial charge in [-0.15, -0.1) is 0 Å². The van der Waals surface area contributed by atoms with Gasteiger partial charge in [0.1, 0.15) is 0 Å². The van der Waals surface area contributed by atoms with E-state index in [4.69, 9.17) is 4.74 Å². The normalized spacial score (nSPS) is 33.6. The third kappa shape index (κ3) is 2.94. The summed E-state index contributed by atoms with van der Waals surface area (Å²) in [7, 11) is 1.87. The second kappa shape index (κ2) is 4.84. The van der Waals surface area contributed by atoms with Crippen molar-refractivity contribution >= 4 is 0 Å². The van der Waals surface area contributed by atoms with E-state index in [-0.39, 0.29) is 0 Å². The average Bonchev–Trinajstić information content (AvgIpc) is 3.01. The van der Waals surface area contributed by atoms with Crippen LogP contribution < -0.4 is 0 Å².